The quantitative estimate of drug-likeness (QED) is 0.378. The number of rotatable bonds is 1. The van der Waals surface area contributed by atoms with Crippen LogP contribution in [-0.4, -0.2) is 17.0 Å². The Morgan fingerprint density at radius 2 is 1.83 bits per heavy atom. The number of allylic oxidation sites excluding steroid dienone is 2. The van der Waals surface area contributed by atoms with Crippen molar-refractivity contribution in [2.45, 2.75) is 64.9 Å². The lowest BCUT2D eigenvalue weighted by atomic mass is 9.48. The number of hydrogen-bond donors (Lipinski definition) is 1. The van der Waals surface area contributed by atoms with E-state index in [4.69, 9.17) is 23.2 Å². The first-order valence-electron chi connectivity index (χ1n) is 11.3. The van der Waals surface area contributed by atoms with Gasteiger partial charge in [0.1, 0.15) is 0 Å². The molecule has 160 valence electrons. The van der Waals surface area contributed by atoms with Gasteiger partial charge in [0.15, 0.2) is 5.78 Å². The van der Waals surface area contributed by atoms with Gasteiger partial charge in [0.2, 0.25) is 0 Å². The molecule has 0 radical (unpaired) electrons. The van der Waals surface area contributed by atoms with Crippen molar-refractivity contribution in [3.05, 3.63) is 51.0 Å². The maximum absolute atomic E-state index is 13.5. The molecule has 5 rings (SSSR count). The lowest BCUT2D eigenvalue weighted by Gasteiger charge is -2.56. The Balaban J connectivity index is 1.49. The van der Waals surface area contributed by atoms with Crippen molar-refractivity contribution in [3.63, 3.8) is 0 Å². The summed E-state index contributed by atoms with van der Waals surface area (Å²) >= 11 is 12.6. The topological polar surface area (TPSA) is 37.3 Å². The van der Waals surface area contributed by atoms with Crippen LogP contribution in [0.4, 0.5) is 0 Å². The fourth-order valence-electron chi connectivity index (χ4n) is 7.26. The molecule has 1 aromatic carbocycles. The van der Waals surface area contributed by atoms with E-state index in [1.54, 1.807) is 6.07 Å². The Morgan fingerprint density at radius 1 is 1.07 bits per heavy atom. The van der Waals surface area contributed by atoms with Gasteiger partial charge in [-0.2, -0.15) is 0 Å². The minimum atomic E-state index is -0.270. The molecule has 3 saturated carbocycles. The number of hydrogen-bond acceptors (Lipinski definition) is 2. The molecule has 4 aliphatic carbocycles. The molecule has 30 heavy (non-hydrogen) atoms. The van der Waals surface area contributed by atoms with Crippen LogP contribution >= 0.6 is 23.2 Å². The Hall–Kier alpha value is -1.09. The highest BCUT2D eigenvalue weighted by atomic mass is 35.5. The van der Waals surface area contributed by atoms with Crippen molar-refractivity contribution in [2.75, 3.05) is 0 Å². The minimum absolute atomic E-state index is 0.181. The average molecular weight is 445 g/mol. The van der Waals surface area contributed by atoms with Gasteiger partial charge < -0.3 is 5.11 Å². The van der Waals surface area contributed by atoms with Crippen LogP contribution in [0, 0.1) is 28.6 Å². The molecule has 0 heterocycles. The van der Waals surface area contributed by atoms with E-state index in [0.717, 1.165) is 56.1 Å². The zero-order chi connectivity index (χ0) is 21.3. The SMILES string of the molecule is C[C@]12CC[C@@H](O)CC1=CC[C@@H]1[C@@H]2CC[C@]2(C)C(=O)/C(=C/c3cccc(Cl)c3Cl)C[C@@H]12. The predicted octanol–water partition coefficient (Wildman–Crippen LogP) is 6.88. The summed E-state index contributed by atoms with van der Waals surface area (Å²) < 4.78 is 0. The number of ketones is 1. The second kappa shape index (κ2) is 7.22. The van der Waals surface area contributed by atoms with Crippen molar-refractivity contribution < 1.29 is 9.90 Å². The van der Waals surface area contributed by atoms with Crippen LogP contribution in [-0.2, 0) is 4.79 Å². The largest absolute Gasteiger partial charge is 0.393 e. The highest BCUT2D eigenvalue weighted by Gasteiger charge is 2.59. The smallest absolute Gasteiger partial charge is 0.165 e. The van der Waals surface area contributed by atoms with Gasteiger partial charge in [-0.15, -0.1) is 0 Å². The summed E-state index contributed by atoms with van der Waals surface area (Å²) in [5.74, 6) is 1.85. The number of carbonyl (C=O) groups excluding carboxylic acids is 1. The number of Topliss-reactive ketones (excluding diaryl/α,β-unsaturated/α-hetero) is 1. The molecule has 0 spiro atoms. The number of aliphatic hydroxyl groups excluding tert-OH is 1. The van der Waals surface area contributed by atoms with Crippen LogP contribution in [0.5, 0.6) is 0 Å². The summed E-state index contributed by atoms with van der Waals surface area (Å²) in [7, 11) is 0. The summed E-state index contributed by atoms with van der Waals surface area (Å²) in [6.45, 7) is 4.62. The fraction of sp³-hybridized carbons (Fsp3) is 0.577. The van der Waals surface area contributed by atoms with Crippen LogP contribution in [0.2, 0.25) is 10.0 Å². The molecule has 4 aliphatic rings. The molecule has 0 amide bonds. The number of halogens is 2. The lowest BCUT2D eigenvalue weighted by Crippen LogP contribution is -2.50. The summed E-state index contributed by atoms with van der Waals surface area (Å²) in [6, 6.07) is 5.60. The van der Waals surface area contributed by atoms with E-state index in [0.29, 0.717) is 33.6 Å². The van der Waals surface area contributed by atoms with Gasteiger partial charge in [-0.3, -0.25) is 4.79 Å². The second-order valence-electron chi connectivity index (χ2n) is 10.5. The highest BCUT2D eigenvalue weighted by Crippen LogP contribution is 2.64. The Bertz CT molecular complexity index is 964. The number of fused-ring (bicyclic) bond motifs is 5. The molecule has 1 N–H and O–H groups in total. The molecule has 6 atom stereocenters. The van der Waals surface area contributed by atoms with Crippen LogP contribution in [0.15, 0.2) is 35.4 Å². The average Bonchev–Trinajstić information content (AvgIpc) is 2.97. The normalized spacial score (nSPS) is 41.8. The first kappa shape index (κ1) is 20.8. The Morgan fingerprint density at radius 3 is 2.63 bits per heavy atom. The molecule has 0 unspecified atom stereocenters. The first-order chi connectivity index (χ1) is 14.2. The molecule has 4 heteroatoms. The van der Waals surface area contributed by atoms with Crippen molar-refractivity contribution in [1.29, 1.82) is 0 Å². The summed E-state index contributed by atoms with van der Waals surface area (Å²) in [5, 5.41) is 11.2. The van der Waals surface area contributed by atoms with Gasteiger partial charge in [-0.05, 0) is 91.4 Å². The van der Waals surface area contributed by atoms with Crippen molar-refractivity contribution in [3.8, 4) is 0 Å². The lowest BCUT2D eigenvalue weighted by molar-refractivity contribution is -0.130. The molecule has 1 aromatic rings. The third kappa shape index (κ3) is 2.98. The third-order valence-corrected chi connectivity index (χ3v) is 9.86. The maximum Gasteiger partial charge on any atom is 0.165 e. The molecule has 3 fully saturated rings. The van der Waals surface area contributed by atoms with E-state index in [1.165, 1.54) is 5.57 Å². The van der Waals surface area contributed by atoms with Crippen LogP contribution in [0.1, 0.15) is 64.4 Å². The van der Waals surface area contributed by atoms with E-state index in [1.807, 2.05) is 18.2 Å². The van der Waals surface area contributed by atoms with Gasteiger partial charge >= 0.3 is 0 Å². The molecule has 2 nitrogen and oxygen atoms in total. The van der Waals surface area contributed by atoms with Crippen molar-refractivity contribution >= 4 is 35.1 Å². The van der Waals surface area contributed by atoms with Crippen molar-refractivity contribution in [2.24, 2.45) is 28.6 Å². The fourth-order valence-corrected chi connectivity index (χ4v) is 7.62. The van der Waals surface area contributed by atoms with Gasteiger partial charge in [-0.25, -0.2) is 0 Å². The zero-order valence-electron chi connectivity index (χ0n) is 17.8. The summed E-state index contributed by atoms with van der Waals surface area (Å²) in [6.07, 6.45) is 11.0. The van der Waals surface area contributed by atoms with E-state index >= 15 is 0 Å². The molecular formula is C26H30Cl2O2. The van der Waals surface area contributed by atoms with Crippen LogP contribution < -0.4 is 0 Å². The van der Waals surface area contributed by atoms with Crippen LogP contribution in [0.25, 0.3) is 6.08 Å². The predicted molar refractivity (Wildman–Crippen MR) is 123 cm³/mol. The van der Waals surface area contributed by atoms with E-state index in [2.05, 4.69) is 19.9 Å². The number of carbonyl (C=O) groups is 1. The second-order valence-corrected chi connectivity index (χ2v) is 11.2. The zero-order valence-corrected chi connectivity index (χ0v) is 19.3. The molecule has 0 aliphatic heterocycles. The van der Waals surface area contributed by atoms with E-state index < -0.39 is 0 Å². The number of aliphatic hydroxyl groups is 1. The Labute approximate surface area is 189 Å². The van der Waals surface area contributed by atoms with Gasteiger partial charge in [-0.1, -0.05) is 60.8 Å². The Kier molecular flexibility index (Phi) is 5.00. The van der Waals surface area contributed by atoms with Crippen molar-refractivity contribution in [1.82, 2.24) is 0 Å². The summed E-state index contributed by atoms with van der Waals surface area (Å²) in [5.41, 5.74) is 3.14. The first-order valence-corrected chi connectivity index (χ1v) is 12.1. The minimum Gasteiger partial charge on any atom is -0.393 e. The maximum atomic E-state index is 13.5. The number of benzene rings is 1. The molecule has 0 aromatic heterocycles. The molecule has 0 saturated heterocycles. The van der Waals surface area contributed by atoms with Gasteiger partial charge in [0, 0.05) is 5.41 Å². The third-order valence-electron chi connectivity index (χ3n) is 9.03. The standard InChI is InChI=1S/C26H30Cl2O2/c1-25-10-8-18(29)14-17(25)6-7-19-20(25)9-11-26(2)21(19)13-16(24(26)30)12-15-4-3-5-22(27)23(15)28/h3-6,12,18-21,29H,7-11,13-14H2,1-2H3/b16-12+/t18-,19-,20+,21+,25+,26+/m1/s1. The van der Waals surface area contributed by atoms with E-state index in [-0.39, 0.29) is 16.9 Å². The van der Waals surface area contributed by atoms with Gasteiger partial charge in [0.05, 0.1) is 16.1 Å². The van der Waals surface area contributed by atoms with Gasteiger partial charge in [0.25, 0.3) is 0 Å². The van der Waals surface area contributed by atoms with Crippen LogP contribution in [0.3, 0.4) is 0 Å². The highest BCUT2D eigenvalue weighted by molar-refractivity contribution is 6.43. The molecular weight excluding hydrogens is 415 g/mol. The van der Waals surface area contributed by atoms with E-state index in [9.17, 15) is 9.90 Å². The monoisotopic (exact) mass is 444 g/mol. The summed E-state index contributed by atoms with van der Waals surface area (Å²) in [4.78, 5) is 13.5. The molecule has 0 bridgehead atoms.